The van der Waals surface area contributed by atoms with Crippen molar-refractivity contribution in [1.82, 2.24) is 15.0 Å². The molecule has 1 aliphatic heterocycles. The van der Waals surface area contributed by atoms with Gasteiger partial charge in [0.2, 0.25) is 5.89 Å². The zero-order chi connectivity index (χ0) is 13.3. The van der Waals surface area contributed by atoms with Crippen LogP contribution in [-0.4, -0.2) is 39.8 Å². The van der Waals surface area contributed by atoms with Gasteiger partial charge in [0.05, 0.1) is 5.92 Å². The largest absolute Gasteiger partial charge is 0.444 e. The molecule has 0 radical (unpaired) electrons. The van der Waals surface area contributed by atoms with Crippen molar-refractivity contribution in [2.45, 2.75) is 45.6 Å². The second kappa shape index (κ2) is 4.59. The number of rotatable bonds is 1. The lowest BCUT2D eigenvalue weighted by molar-refractivity contribution is 0.0291. The second-order valence-corrected chi connectivity index (χ2v) is 5.59. The van der Waals surface area contributed by atoms with Crippen molar-refractivity contribution in [2.24, 2.45) is 0 Å². The molecular weight excluding hydrogens is 234 g/mol. The van der Waals surface area contributed by atoms with Gasteiger partial charge in [-0.05, 0) is 34.1 Å². The first kappa shape index (κ1) is 12.9. The summed E-state index contributed by atoms with van der Waals surface area (Å²) in [5.74, 6) is 1.36. The molecule has 2 rings (SSSR count). The third-order valence-electron chi connectivity index (χ3n) is 2.73. The van der Waals surface area contributed by atoms with Crippen molar-refractivity contribution in [1.29, 1.82) is 0 Å². The SMILES string of the molecule is Cc1noc([C@H]2CCN(C(=O)OC(C)(C)C)C2)n1. The van der Waals surface area contributed by atoms with Gasteiger partial charge in [0.25, 0.3) is 0 Å². The summed E-state index contributed by atoms with van der Waals surface area (Å²) < 4.78 is 10.5. The number of aryl methyl sites for hydroxylation is 1. The molecule has 18 heavy (non-hydrogen) atoms. The van der Waals surface area contributed by atoms with Crippen molar-refractivity contribution in [3.8, 4) is 0 Å². The molecule has 0 saturated carbocycles. The Kier molecular flexibility index (Phi) is 3.28. The average molecular weight is 253 g/mol. The molecule has 0 N–H and O–H groups in total. The van der Waals surface area contributed by atoms with E-state index in [1.54, 1.807) is 11.8 Å². The highest BCUT2D eigenvalue weighted by Crippen LogP contribution is 2.26. The van der Waals surface area contributed by atoms with Gasteiger partial charge < -0.3 is 14.2 Å². The molecule has 0 spiro atoms. The summed E-state index contributed by atoms with van der Waals surface area (Å²) in [6.07, 6.45) is 0.558. The number of ether oxygens (including phenoxy) is 1. The summed E-state index contributed by atoms with van der Waals surface area (Å²) in [7, 11) is 0. The van der Waals surface area contributed by atoms with E-state index in [2.05, 4.69) is 10.1 Å². The van der Waals surface area contributed by atoms with Crippen LogP contribution in [0.3, 0.4) is 0 Å². The van der Waals surface area contributed by atoms with E-state index in [0.717, 1.165) is 6.42 Å². The molecule has 2 heterocycles. The minimum absolute atomic E-state index is 0.124. The van der Waals surface area contributed by atoms with Gasteiger partial charge in [-0.3, -0.25) is 0 Å². The Bertz CT molecular complexity index is 436. The van der Waals surface area contributed by atoms with E-state index in [0.29, 0.717) is 24.8 Å². The van der Waals surface area contributed by atoms with Crippen LogP contribution < -0.4 is 0 Å². The average Bonchev–Trinajstić information content (AvgIpc) is 2.82. The van der Waals surface area contributed by atoms with Crippen molar-refractivity contribution in [2.75, 3.05) is 13.1 Å². The lowest BCUT2D eigenvalue weighted by Crippen LogP contribution is -2.35. The monoisotopic (exact) mass is 253 g/mol. The molecule has 1 atom stereocenters. The van der Waals surface area contributed by atoms with Crippen LogP contribution in [-0.2, 0) is 4.74 Å². The summed E-state index contributed by atoms with van der Waals surface area (Å²) in [4.78, 5) is 17.8. The van der Waals surface area contributed by atoms with E-state index in [-0.39, 0.29) is 12.0 Å². The zero-order valence-electron chi connectivity index (χ0n) is 11.3. The number of aromatic nitrogens is 2. The van der Waals surface area contributed by atoms with Crippen LogP contribution in [0.4, 0.5) is 4.79 Å². The van der Waals surface area contributed by atoms with Crippen LogP contribution in [0.1, 0.15) is 44.8 Å². The normalized spacial score (nSPS) is 20.2. The van der Waals surface area contributed by atoms with Gasteiger partial charge in [-0.15, -0.1) is 0 Å². The van der Waals surface area contributed by atoms with Crippen LogP contribution >= 0.6 is 0 Å². The summed E-state index contributed by atoms with van der Waals surface area (Å²) in [6.45, 7) is 8.62. The molecule has 100 valence electrons. The van der Waals surface area contributed by atoms with Crippen LogP contribution in [0.2, 0.25) is 0 Å². The number of amides is 1. The molecule has 0 unspecified atom stereocenters. The molecule has 1 aromatic heterocycles. The fourth-order valence-corrected chi connectivity index (χ4v) is 1.93. The van der Waals surface area contributed by atoms with Gasteiger partial charge in [0.1, 0.15) is 5.60 Å². The Balaban J connectivity index is 1.94. The molecule has 1 saturated heterocycles. The fraction of sp³-hybridized carbons (Fsp3) is 0.750. The summed E-state index contributed by atoms with van der Waals surface area (Å²) in [5, 5.41) is 3.77. The van der Waals surface area contributed by atoms with Crippen LogP contribution in [0, 0.1) is 6.92 Å². The maximum Gasteiger partial charge on any atom is 0.410 e. The summed E-state index contributed by atoms with van der Waals surface area (Å²) in [5.41, 5.74) is -0.462. The Labute approximate surface area is 106 Å². The standard InChI is InChI=1S/C12H19N3O3/c1-8-13-10(18-14-8)9-5-6-15(7-9)11(16)17-12(2,3)4/h9H,5-7H2,1-4H3/t9-/m0/s1. The van der Waals surface area contributed by atoms with E-state index >= 15 is 0 Å². The summed E-state index contributed by atoms with van der Waals surface area (Å²) in [6, 6.07) is 0. The first-order valence-corrected chi connectivity index (χ1v) is 6.13. The molecule has 0 bridgehead atoms. The van der Waals surface area contributed by atoms with Crippen molar-refractivity contribution < 1.29 is 14.1 Å². The van der Waals surface area contributed by atoms with Gasteiger partial charge in [0.15, 0.2) is 5.82 Å². The van der Waals surface area contributed by atoms with E-state index in [9.17, 15) is 4.79 Å². The van der Waals surface area contributed by atoms with Crippen molar-refractivity contribution >= 4 is 6.09 Å². The highest BCUT2D eigenvalue weighted by atomic mass is 16.6. The summed E-state index contributed by atoms with van der Waals surface area (Å²) >= 11 is 0. The molecule has 1 amide bonds. The Morgan fingerprint density at radius 2 is 2.22 bits per heavy atom. The van der Waals surface area contributed by atoms with E-state index < -0.39 is 5.60 Å². The minimum Gasteiger partial charge on any atom is -0.444 e. The van der Waals surface area contributed by atoms with Crippen LogP contribution in [0.25, 0.3) is 0 Å². The Morgan fingerprint density at radius 1 is 1.50 bits per heavy atom. The lowest BCUT2D eigenvalue weighted by Gasteiger charge is -2.24. The molecule has 1 aliphatic rings. The molecule has 1 aromatic rings. The molecule has 0 aromatic carbocycles. The molecule has 6 nitrogen and oxygen atoms in total. The van der Waals surface area contributed by atoms with Crippen LogP contribution in [0.15, 0.2) is 4.52 Å². The quantitative estimate of drug-likeness (QED) is 0.766. The molecular formula is C12H19N3O3. The zero-order valence-corrected chi connectivity index (χ0v) is 11.3. The second-order valence-electron chi connectivity index (χ2n) is 5.59. The molecule has 6 heteroatoms. The highest BCUT2D eigenvalue weighted by molar-refractivity contribution is 5.68. The first-order valence-electron chi connectivity index (χ1n) is 6.13. The minimum atomic E-state index is -0.462. The Hall–Kier alpha value is -1.59. The van der Waals surface area contributed by atoms with Crippen molar-refractivity contribution in [3.63, 3.8) is 0 Å². The number of carbonyl (C=O) groups excluding carboxylic acids is 1. The third-order valence-corrected chi connectivity index (χ3v) is 2.73. The van der Waals surface area contributed by atoms with Gasteiger partial charge in [-0.2, -0.15) is 4.98 Å². The first-order chi connectivity index (χ1) is 8.35. The number of hydrogen-bond acceptors (Lipinski definition) is 5. The van der Waals surface area contributed by atoms with Crippen LogP contribution in [0.5, 0.6) is 0 Å². The predicted octanol–water partition coefficient (Wildman–Crippen LogP) is 2.10. The topological polar surface area (TPSA) is 68.5 Å². The highest BCUT2D eigenvalue weighted by Gasteiger charge is 2.33. The lowest BCUT2D eigenvalue weighted by atomic mass is 10.1. The number of hydrogen-bond donors (Lipinski definition) is 0. The van der Waals surface area contributed by atoms with Gasteiger partial charge in [0, 0.05) is 13.1 Å². The fourth-order valence-electron chi connectivity index (χ4n) is 1.93. The number of nitrogens with zero attached hydrogens (tertiary/aromatic N) is 3. The van der Waals surface area contributed by atoms with Gasteiger partial charge in [-0.25, -0.2) is 4.79 Å². The molecule has 0 aliphatic carbocycles. The Morgan fingerprint density at radius 3 is 2.78 bits per heavy atom. The van der Waals surface area contributed by atoms with Crippen molar-refractivity contribution in [3.05, 3.63) is 11.7 Å². The van der Waals surface area contributed by atoms with E-state index in [4.69, 9.17) is 9.26 Å². The maximum atomic E-state index is 11.9. The number of likely N-dealkylation sites (tertiary alicyclic amines) is 1. The third kappa shape index (κ3) is 3.00. The van der Waals surface area contributed by atoms with Gasteiger partial charge >= 0.3 is 6.09 Å². The van der Waals surface area contributed by atoms with Gasteiger partial charge in [-0.1, -0.05) is 5.16 Å². The molecule has 1 fully saturated rings. The predicted molar refractivity (Wildman–Crippen MR) is 64.2 cm³/mol. The number of carbonyl (C=O) groups is 1. The smallest absolute Gasteiger partial charge is 0.410 e. The van der Waals surface area contributed by atoms with E-state index in [1.165, 1.54) is 0 Å². The van der Waals surface area contributed by atoms with E-state index in [1.807, 2.05) is 20.8 Å². The maximum absolute atomic E-state index is 11.9.